The maximum Gasteiger partial charge on any atom is 0.470 e. The van der Waals surface area contributed by atoms with Crippen molar-refractivity contribution in [3.8, 4) is 11.5 Å². The Kier molecular flexibility index (Phi) is 6.50. The first-order valence-corrected chi connectivity index (χ1v) is 11.7. The smallest absolute Gasteiger partial charge is 0.413 e. The van der Waals surface area contributed by atoms with E-state index in [1.807, 2.05) is 31.2 Å². The van der Waals surface area contributed by atoms with E-state index in [1.165, 1.54) is 0 Å². The van der Waals surface area contributed by atoms with Gasteiger partial charge in [0.25, 0.3) is 0 Å². The zero-order valence-electron chi connectivity index (χ0n) is 17.7. The Morgan fingerprint density at radius 1 is 1.12 bits per heavy atom. The topological polar surface area (TPSA) is 79.5 Å². The number of carbonyl (C=O) groups excluding carboxylic acids is 1. The lowest BCUT2D eigenvalue weighted by molar-refractivity contribution is -0.156. The SMILES string of the molecule is Cc1cccc(N(Cc2ccc(-c3nnc(C(F)(F)F)o3)cc2)C(=O)N2CCS(=O)CC2)c1. The summed E-state index contributed by atoms with van der Waals surface area (Å²) in [5.74, 6) is -0.736. The quantitative estimate of drug-likeness (QED) is 0.560. The first-order chi connectivity index (χ1) is 15.7. The molecule has 0 atom stereocenters. The van der Waals surface area contributed by atoms with E-state index in [0.717, 1.165) is 16.8 Å². The lowest BCUT2D eigenvalue weighted by Crippen LogP contribution is -2.48. The van der Waals surface area contributed by atoms with Gasteiger partial charge in [0.1, 0.15) is 0 Å². The van der Waals surface area contributed by atoms with Gasteiger partial charge in [0, 0.05) is 46.6 Å². The molecule has 1 aliphatic heterocycles. The van der Waals surface area contributed by atoms with E-state index in [9.17, 15) is 22.2 Å². The number of anilines is 1. The number of hydrogen-bond acceptors (Lipinski definition) is 5. The summed E-state index contributed by atoms with van der Waals surface area (Å²) in [6.45, 7) is 3.03. The largest absolute Gasteiger partial charge is 0.470 e. The van der Waals surface area contributed by atoms with Crippen molar-refractivity contribution in [2.75, 3.05) is 29.5 Å². The predicted molar refractivity (Wildman–Crippen MR) is 117 cm³/mol. The Hall–Kier alpha value is -3.21. The predicted octanol–water partition coefficient (Wildman–Crippen LogP) is 4.25. The van der Waals surface area contributed by atoms with Gasteiger partial charge < -0.3 is 9.32 Å². The highest BCUT2D eigenvalue weighted by Crippen LogP contribution is 2.30. The molecule has 7 nitrogen and oxygen atoms in total. The number of hydrogen-bond donors (Lipinski definition) is 0. The van der Waals surface area contributed by atoms with E-state index in [1.54, 1.807) is 34.1 Å². The van der Waals surface area contributed by atoms with Gasteiger partial charge in [-0.25, -0.2) is 4.79 Å². The van der Waals surface area contributed by atoms with Crippen LogP contribution in [0.2, 0.25) is 0 Å². The summed E-state index contributed by atoms with van der Waals surface area (Å²) in [5, 5.41) is 6.50. The van der Waals surface area contributed by atoms with Crippen molar-refractivity contribution >= 4 is 22.5 Å². The standard InChI is InChI=1S/C22H21F3N4O3S/c1-15-3-2-4-18(13-15)29(21(30)28-9-11-33(31)12-10-28)14-16-5-7-17(8-6-16)19-26-27-20(32-19)22(23,24)25/h2-8,13H,9-12,14H2,1H3. The van der Waals surface area contributed by atoms with Crippen molar-refractivity contribution in [1.82, 2.24) is 15.1 Å². The second kappa shape index (κ2) is 9.34. The van der Waals surface area contributed by atoms with Crippen LogP contribution in [-0.4, -0.2) is 49.9 Å². The highest BCUT2D eigenvalue weighted by Gasteiger charge is 2.38. The second-order valence-corrected chi connectivity index (χ2v) is 9.35. The molecule has 174 valence electrons. The van der Waals surface area contributed by atoms with Crippen LogP contribution in [0.1, 0.15) is 17.0 Å². The number of halogens is 3. The number of rotatable bonds is 4. The third kappa shape index (κ3) is 5.41. The molecule has 1 saturated heterocycles. The van der Waals surface area contributed by atoms with Crippen LogP contribution in [0, 0.1) is 6.92 Å². The minimum Gasteiger partial charge on any atom is -0.413 e. The van der Waals surface area contributed by atoms with Crippen LogP contribution in [0.25, 0.3) is 11.5 Å². The molecule has 0 radical (unpaired) electrons. The van der Waals surface area contributed by atoms with Crippen LogP contribution in [0.4, 0.5) is 23.7 Å². The highest BCUT2D eigenvalue weighted by molar-refractivity contribution is 7.85. The van der Waals surface area contributed by atoms with Crippen LogP contribution < -0.4 is 4.90 Å². The van der Waals surface area contributed by atoms with Gasteiger partial charge >= 0.3 is 18.1 Å². The van der Waals surface area contributed by atoms with Crippen LogP contribution in [0.3, 0.4) is 0 Å². The fourth-order valence-electron chi connectivity index (χ4n) is 3.45. The van der Waals surface area contributed by atoms with E-state index < -0.39 is 22.9 Å². The van der Waals surface area contributed by atoms with E-state index in [0.29, 0.717) is 30.2 Å². The van der Waals surface area contributed by atoms with Crippen molar-refractivity contribution in [3.63, 3.8) is 0 Å². The minimum atomic E-state index is -4.71. The number of nitrogens with zero attached hydrogens (tertiary/aromatic N) is 4. The van der Waals surface area contributed by atoms with E-state index in [-0.39, 0.29) is 18.5 Å². The molecule has 1 aliphatic rings. The minimum absolute atomic E-state index is 0.187. The summed E-state index contributed by atoms with van der Waals surface area (Å²) in [7, 11) is -0.904. The number of urea groups is 1. The Balaban J connectivity index is 1.56. The molecule has 0 saturated carbocycles. The molecular weight excluding hydrogens is 457 g/mol. The number of amides is 2. The number of alkyl halides is 3. The van der Waals surface area contributed by atoms with Gasteiger partial charge in [-0.3, -0.25) is 9.11 Å². The molecule has 33 heavy (non-hydrogen) atoms. The van der Waals surface area contributed by atoms with Gasteiger partial charge in [0.15, 0.2) is 0 Å². The highest BCUT2D eigenvalue weighted by atomic mass is 32.2. The Morgan fingerprint density at radius 2 is 1.82 bits per heavy atom. The molecule has 0 unspecified atom stereocenters. The number of benzene rings is 2. The van der Waals surface area contributed by atoms with E-state index in [2.05, 4.69) is 10.2 Å². The molecule has 0 N–H and O–H groups in total. The summed E-state index contributed by atoms with van der Waals surface area (Å²) in [4.78, 5) is 16.7. The number of aryl methyl sites for hydroxylation is 1. The Labute approximate surface area is 190 Å². The first kappa shape index (κ1) is 23.0. The lowest BCUT2D eigenvalue weighted by atomic mass is 10.1. The molecule has 3 aromatic rings. The molecule has 1 fully saturated rings. The first-order valence-electron chi connectivity index (χ1n) is 10.2. The van der Waals surface area contributed by atoms with Gasteiger partial charge in [0.2, 0.25) is 5.89 Å². The monoisotopic (exact) mass is 478 g/mol. The van der Waals surface area contributed by atoms with E-state index in [4.69, 9.17) is 4.42 Å². The second-order valence-electron chi connectivity index (χ2n) is 7.65. The molecule has 2 aromatic carbocycles. The van der Waals surface area contributed by atoms with Crippen LogP contribution >= 0.6 is 0 Å². The maximum atomic E-state index is 13.3. The molecule has 0 bridgehead atoms. The normalized spacial score (nSPS) is 15.0. The van der Waals surface area contributed by atoms with Crippen molar-refractivity contribution in [2.24, 2.45) is 0 Å². The summed E-state index contributed by atoms with van der Waals surface area (Å²) in [6.07, 6.45) is -4.71. The van der Waals surface area contributed by atoms with Gasteiger partial charge in [-0.05, 0) is 42.3 Å². The molecule has 4 rings (SSSR count). The average Bonchev–Trinajstić information content (AvgIpc) is 3.29. The van der Waals surface area contributed by atoms with Gasteiger partial charge in [-0.15, -0.1) is 10.2 Å². The zero-order valence-corrected chi connectivity index (χ0v) is 18.5. The molecular formula is C22H21F3N4O3S. The summed E-state index contributed by atoms with van der Waals surface area (Å²) >= 11 is 0. The average molecular weight is 478 g/mol. The van der Waals surface area contributed by atoms with Gasteiger partial charge in [0.05, 0.1) is 6.54 Å². The molecule has 0 aliphatic carbocycles. The van der Waals surface area contributed by atoms with Crippen molar-refractivity contribution < 1.29 is 26.6 Å². The Bertz CT molecular complexity index is 1150. The molecule has 2 heterocycles. The van der Waals surface area contributed by atoms with Crippen molar-refractivity contribution in [2.45, 2.75) is 19.6 Å². The molecule has 0 spiro atoms. The van der Waals surface area contributed by atoms with E-state index >= 15 is 0 Å². The lowest BCUT2D eigenvalue weighted by Gasteiger charge is -2.33. The number of aromatic nitrogens is 2. The maximum absolute atomic E-state index is 13.3. The summed E-state index contributed by atoms with van der Waals surface area (Å²) < 4.78 is 54.5. The summed E-state index contributed by atoms with van der Waals surface area (Å²) in [6, 6.07) is 13.9. The fourth-order valence-corrected chi connectivity index (χ4v) is 4.51. The van der Waals surface area contributed by atoms with Crippen molar-refractivity contribution in [1.29, 1.82) is 0 Å². The fraction of sp³-hybridized carbons (Fsp3) is 0.318. The molecule has 2 amide bonds. The Morgan fingerprint density at radius 3 is 2.42 bits per heavy atom. The zero-order chi connectivity index (χ0) is 23.6. The van der Waals surface area contributed by atoms with Crippen molar-refractivity contribution in [3.05, 3.63) is 65.5 Å². The van der Waals surface area contributed by atoms with Crippen LogP contribution in [0.5, 0.6) is 0 Å². The number of carbonyl (C=O) groups is 1. The third-order valence-corrected chi connectivity index (χ3v) is 6.48. The summed E-state index contributed by atoms with van der Waals surface area (Å²) in [5.41, 5.74) is 2.83. The van der Waals surface area contributed by atoms with Gasteiger partial charge in [-0.1, -0.05) is 24.3 Å². The molecule has 11 heteroatoms. The van der Waals surface area contributed by atoms with Crippen LogP contribution in [0.15, 0.2) is 52.9 Å². The van der Waals surface area contributed by atoms with Crippen LogP contribution in [-0.2, 0) is 23.5 Å². The third-order valence-electron chi connectivity index (χ3n) is 5.20. The molecule has 1 aromatic heterocycles. The van der Waals surface area contributed by atoms with Gasteiger partial charge in [-0.2, -0.15) is 13.2 Å².